The zero-order chi connectivity index (χ0) is 13.5. The number of Topliss-reactive ketones (excluding diaryl/α,β-unsaturated/α-hetero) is 1. The van der Waals surface area contributed by atoms with E-state index in [0.29, 0.717) is 18.9 Å². The largest absolute Gasteiger partial charge is 0.494 e. The third-order valence-corrected chi connectivity index (χ3v) is 3.83. The lowest BCUT2D eigenvalue weighted by Crippen LogP contribution is -2.12. The molecule has 0 amide bonds. The molecule has 1 aliphatic carbocycles. The van der Waals surface area contributed by atoms with Gasteiger partial charge in [-0.2, -0.15) is 0 Å². The molecule has 0 spiro atoms. The molecule has 0 unspecified atom stereocenters. The maximum Gasteiger partial charge on any atom is 0.163 e. The number of carbonyl (C=O) groups is 1. The first-order valence-corrected chi connectivity index (χ1v) is 7.55. The van der Waals surface area contributed by atoms with Crippen LogP contribution in [0.25, 0.3) is 0 Å². The van der Waals surface area contributed by atoms with Crippen molar-refractivity contribution in [2.45, 2.75) is 51.9 Å². The number of hydrogen-bond donors (Lipinski definition) is 0. The molecule has 2 heteroatoms. The predicted molar refractivity (Wildman–Crippen MR) is 77.8 cm³/mol. The molecule has 0 N–H and O–H groups in total. The summed E-state index contributed by atoms with van der Waals surface area (Å²) in [5, 5.41) is 0. The Morgan fingerprint density at radius 1 is 1.26 bits per heavy atom. The highest BCUT2D eigenvalue weighted by Crippen LogP contribution is 2.28. The van der Waals surface area contributed by atoms with Crippen LogP contribution in [-0.4, -0.2) is 12.4 Å². The Labute approximate surface area is 116 Å². The Hall–Kier alpha value is -1.31. The number of ketones is 1. The van der Waals surface area contributed by atoms with Gasteiger partial charge in [-0.05, 0) is 24.5 Å². The van der Waals surface area contributed by atoms with E-state index in [2.05, 4.69) is 6.92 Å². The number of rotatable bonds is 6. The van der Waals surface area contributed by atoms with E-state index >= 15 is 0 Å². The van der Waals surface area contributed by atoms with Crippen molar-refractivity contribution in [3.63, 3.8) is 0 Å². The fourth-order valence-corrected chi connectivity index (χ4v) is 2.75. The standard InChI is InChI=1S/C17H24O2/c1-2-11-19-16-10-6-9-15(13-16)17(18)12-14-7-4-3-5-8-14/h6,9-10,13-14H,2-5,7-8,11-12H2,1H3. The van der Waals surface area contributed by atoms with Crippen molar-refractivity contribution in [3.05, 3.63) is 29.8 Å². The molecule has 0 aromatic heterocycles. The van der Waals surface area contributed by atoms with Gasteiger partial charge >= 0.3 is 0 Å². The van der Waals surface area contributed by atoms with Crippen LogP contribution in [0, 0.1) is 5.92 Å². The van der Waals surface area contributed by atoms with Gasteiger partial charge in [0.2, 0.25) is 0 Å². The first kappa shape index (κ1) is 14.1. The summed E-state index contributed by atoms with van der Waals surface area (Å²) in [6.45, 7) is 2.79. The molecular weight excluding hydrogens is 236 g/mol. The van der Waals surface area contributed by atoms with Crippen LogP contribution >= 0.6 is 0 Å². The molecule has 0 heterocycles. The lowest BCUT2D eigenvalue weighted by Gasteiger charge is -2.20. The molecule has 0 atom stereocenters. The summed E-state index contributed by atoms with van der Waals surface area (Å²) in [6, 6.07) is 7.64. The van der Waals surface area contributed by atoms with Crippen LogP contribution in [-0.2, 0) is 0 Å². The molecule has 0 radical (unpaired) electrons. The van der Waals surface area contributed by atoms with Crippen LogP contribution in [0.3, 0.4) is 0 Å². The second kappa shape index (κ2) is 7.32. The normalized spacial score (nSPS) is 16.3. The van der Waals surface area contributed by atoms with Crippen LogP contribution in [0.15, 0.2) is 24.3 Å². The monoisotopic (exact) mass is 260 g/mol. The van der Waals surface area contributed by atoms with Crippen LogP contribution in [0.2, 0.25) is 0 Å². The minimum absolute atomic E-state index is 0.272. The molecule has 0 aliphatic heterocycles. The lowest BCUT2D eigenvalue weighted by molar-refractivity contribution is 0.0950. The second-order valence-electron chi connectivity index (χ2n) is 5.51. The molecule has 104 valence electrons. The summed E-state index contributed by atoms with van der Waals surface area (Å²) in [7, 11) is 0. The summed E-state index contributed by atoms with van der Waals surface area (Å²) in [5.74, 6) is 1.69. The molecule has 1 saturated carbocycles. The minimum Gasteiger partial charge on any atom is -0.494 e. The van der Waals surface area contributed by atoms with Gasteiger partial charge < -0.3 is 4.74 Å². The Kier molecular flexibility index (Phi) is 5.44. The fourth-order valence-electron chi connectivity index (χ4n) is 2.75. The Morgan fingerprint density at radius 3 is 2.79 bits per heavy atom. The average Bonchev–Trinajstić information content (AvgIpc) is 2.46. The van der Waals surface area contributed by atoms with Gasteiger partial charge in [-0.1, -0.05) is 51.2 Å². The maximum absolute atomic E-state index is 12.3. The first-order valence-electron chi connectivity index (χ1n) is 7.55. The third kappa shape index (κ3) is 4.38. The van der Waals surface area contributed by atoms with Crippen molar-refractivity contribution >= 4 is 5.78 Å². The lowest BCUT2D eigenvalue weighted by atomic mass is 9.85. The quantitative estimate of drug-likeness (QED) is 0.697. The summed E-state index contributed by atoms with van der Waals surface area (Å²) in [5.41, 5.74) is 0.805. The molecule has 1 aromatic carbocycles. The summed E-state index contributed by atoms with van der Waals surface area (Å²) in [6.07, 6.45) is 8.05. The van der Waals surface area contributed by atoms with E-state index in [9.17, 15) is 4.79 Å². The second-order valence-corrected chi connectivity index (χ2v) is 5.51. The van der Waals surface area contributed by atoms with Crippen LogP contribution in [0.1, 0.15) is 62.2 Å². The van der Waals surface area contributed by atoms with Gasteiger partial charge in [-0.3, -0.25) is 4.79 Å². The first-order chi connectivity index (χ1) is 9.29. The van der Waals surface area contributed by atoms with Gasteiger partial charge in [0.1, 0.15) is 5.75 Å². The zero-order valence-electron chi connectivity index (χ0n) is 11.9. The van der Waals surface area contributed by atoms with Gasteiger partial charge in [0, 0.05) is 12.0 Å². The van der Waals surface area contributed by atoms with Crippen molar-refractivity contribution in [3.8, 4) is 5.75 Å². The van der Waals surface area contributed by atoms with E-state index in [-0.39, 0.29) is 5.78 Å². The molecular formula is C17H24O2. The van der Waals surface area contributed by atoms with Crippen LogP contribution in [0.4, 0.5) is 0 Å². The van der Waals surface area contributed by atoms with E-state index in [1.165, 1.54) is 32.1 Å². The number of ether oxygens (including phenoxy) is 1. The molecule has 0 bridgehead atoms. The molecule has 0 saturated heterocycles. The van der Waals surface area contributed by atoms with E-state index < -0.39 is 0 Å². The van der Waals surface area contributed by atoms with E-state index in [0.717, 1.165) is 17.7 Å². The van der Waals surface area contributed by atoms with Gasteiger partial charge in [-0.25, -0.2) is 0 Å². The smallest absolute Gasteiger partial charge is 0.163 e. The minimum atomic E-state index is 0.272. The zero-order valence-corrected chi connectivity index (χ0v) is 11.9. The molecule has 1 aliphatic rings. The highest BCUT2D eigenvalue weighted by Gasteiger charge is 2.18. The maximum atomic E-state index is 12.3. The van der Waals surface area contributed by atoms with Crippen LogP contribution < -0.4 is 4.74 Å². The fraction of sp³-hybridized carbons (Fsp3) is 0.588. The molecule has 1 fully saturated rings. The summed E-state index contributed by atoms with van der Waals surface area (Å²) >= 11 is 0. The number of hydrogen-bond acceptors (Lipinski definition) is 2. The summed E-state index contributed by atoms with van der Waals surface area (Å²) in [4.78, 5) is 12.3. The van der Waals surface area contributed by atoms with Gasteiger partial charge in [-0.15, -0.1) is 0 Å². The topological polar surface area (TPSA) is 26.3 Å². The Bertz CT molecular complexity index is 405. The SMILES string of the molecule is CCCOc1cccc(C(=O)CC2CCCCC2)c1. The van der Waals surface area contributed by atoms with Gasteiger partial charge in [0.15, 0.2) is 5.78 Å². The summed E-state index contributed by atoms with van der Waals surface area (Å²) < 4.78 is 5.58. The van der Waals surface area contributed by atoms with E-state index in [1.54, 1.807) is 0 Å². The highest BCUT2D eigenvalue weighted by atomic mass is 16.5. The van der Waals surface area contributed by atoms with Gasteiger partial charge in [0.25, 0.3) is 0 Å². The van der Waals surface area contributed by atoms with Crippen molar-refractivity contribution in [2.24, 2.45) is 5.92 Å². The molecule has 2 nitrogen and oxygen atoms in total. The molecule has 1 aromatic rings. The highest BCUT2D eigenvalue weighted by molar-refractivity contribution is 5.96. The predicted octanol–water partition coefficient (Wildman–Crippen LogP) is 4.63. The van der Waals surface area contributed by atoms with Crippen LogP contribution in [0.5, 0.6) is 5.75 Å². The van der Waals surface area contributed by atoms with Crippen molar-refractivity contribution in [1.29, 1.82) is 0 Å². The average molecular weight is 260 g/mol. The van der Waals surface area contributed by atoms with Crippen molar-refractivity contribution in [2.75, 3.05) is 6.61 Å². The molecule has 2 rings (SSSR count). The Balaban J connectivity index is 1.93. The van der Waals surface area contributed by atoms with Crippen molar-refractivity contribution in [1.82, 2.24) is 0 Å². The third-order valence-electron chi connectivity index (χ3n) is 3.83. The van der Waals surface area contributed by atoms with Gasteiger partial charge in [0.05, 0.1) is 6.61 Å². The van der Waals surface area contributed by atoms with E-state index in [4.69, 9.17) is 4.74 Å². The number of carbonyl (C=O) groups excluding carboxylic acids is 1. The Morgan fingerprint density at radius 2 is 2.05 bits per heavy atom. The van der Waals surface area contributed by atoms with Crippen molar-refractivity contribution < 1.29 is 9.53 Å². The number of benzene rings is 1. The van der Waals surface area contributed by atoms with E-state index in [1.807, 2.05) is 24.3 Å². The molecule has 19 heavy (non-hydrogen) atoms.